The van der Waals surface area contributed by atoms with Crippen LogP contribution < -0.4 is 0 Å². The lowest BCUT2D eigenvalue weighted by molar-refractivity contribution is -0.360. The molecule has 0 radical (unpaired) electrons. The molecule has 2 rings (SSSR count). The Hall–Kier alpha value is -0.440. The van der Waals surface area contributed by atoms with Gasteiger partial charge in [0.2, 0.25) is 0 Å². The summed E-state index contributed by atoms with van der Waals surface area (Å²) in [6, 6.07) is 0. The van der Waals surface area contributed by atoms with E-state index in [2.05, 4.69) is 20.8 Å². The van der Waals surface area contributed by atoms with Crippen LogP contribution in [0.25, 0.3) is 0 Å². The van der Waals surface area contributed by atoms with Gasteiger partial charge < -0.3 is 54.7 Å². The Labute approximate surface area is 207 Å². The summed E-state index contributed by atoms with van der Waals surface area (Å²) in [5, 5.41) is 70.5. The van der Waals surface area contributed by atoms with Gasteiger partial charge in [0, 0.05) is 0 Å². The molecule has 0 bridgehead atoms. The second kappa shape index (κ2) is 14.5. The van der Waals surface area contributed by atoms with Crippen molar-refractivity contribution in [3.63, 3.8) is 0 Å². The molecule has 2 saturated heterocycles. The molecule has 0 aliphatic carbocycles. The molecule has 208 valence electrons. The minimum atomic E-state index is -1.70. The maximum absolute atomic E-state index is 10.7. The molecule has 10 atom stereocenters. The lowest BCUT2D eigenvalue weighted by atomic mass is 9.87. The average molecular weight is 511 g/mol. The molecule has 2 heterocycles. The van der Waals surface area contributed by atoms with Crippen molar-refractivity contribution in [3.8, 4) is 0 Å². The molecule has 0 aromatic heterocycles. The molecule has 7 N–H and O–H groups in total. The molecule has 2 aliphatic rings. The van der Waals surface area contributed by atoms with Crippen LogP contribution in [0.15, 0.2) is 0 Å². The minimum absolute atomic E-state index is 0.183. The van der Waals surface area contributed by atoms with Gasteiger partial charge in [0.05, 0.1) is 19.8 Å². The monoisotopic (exact) mass is 510 g/mol. The van der Waals surface area contributed by atoms with Crippen molar-refractivity contribution in [1.29, 1.82) is 0 Å². The van der Waals surface area contributed by atoms with Crippen LogP contribution in [-0.2, 0) is 18.9 Å². The van der Waals surface area contributed by atoms with Gasteiger partial charge in [-0.3, -0.25) is 0 Å². The highest BCUT2D eigenvalue weighted by molar-refractivity contribution is 4.94. The van der Waals surface area contributed by atoms with E-state index in [1.54, 1.807) is 0 Å². The van der Waals surface area contributed by atoms with Crippen molar-refractivity contribution in [3.05, 3.63) is 0 Å². The first-order valence-corrected chi connectivity index (χ1v) is 12.8. The SMILES string of the molecule is CCCCCCCCC(C)(C)CO[C@@H]1O[C@H](CO)[C@@H](O[C@H]2O[C@H](CO)[C@@H](O)[C@H](O)[C@H]2O)[C@H](O)[C@H]1O. The molecule has 0 aromatic rings. The van der Waals surface area contributed by atoms with Crippen molar-refractivity contribution >= 4 is 0 Å². The van der Waals surface area contributed by atoms with Crippen molar-refractivity contribution in [2.24, 2.45) is 5.41 Å². The standard InChI is InChI=1S/C24H46O11/c1-4-5-6-7-8-9-10-24(2,3)13-32-22-20(31)18(29)21(15(12-26)34-22)35-23-19(30)17(28)16(27)14(11-25)33-23/h14-23,25-31H,4-13H2,1-3H3/t14-,15-,16-,17+,18-,19-,20-,21-,22-,23-/m1/s1. The van der Waals surface area contributed by atoms with Gasteiger partial charge in [0.1, 0.15) is 48.8 Å². The predicted octanol–water partition coefficient (Wildman–Crippen LogP) is -0.596. The van der Waals surface area contributed by atoms with Crippen LogP contribution in [0.5, 0.6) is 0 Å². The molecule has 0 unspecified atom stereocenters. The zero-order chi connectivity index (χ0) is 26.2. The van der Waals surface area contributed by atoms with Crippen LogP contribution in [-0.4, -0.2) is 117 Å². The topological polar surface area (TPSA) is 179 Å². The third-order valence-corrected chi connectivity index (χ3v) is 6.81. The molecule has 2 fully saturated rings. The minimum Gasteiger partial charge on any atom is -0.394 e. The lowest BCUT2D eigenvalue weighted by Gasteiger charge is -2.46. The Bertz CT molecular complexity index is 588. The molecule has 35 heavy (non-hydrogen) atoms. The second-order valence-electron chi connectivity index (χ2n) is 10.5. The second-order valence-corrected chi connectivity index (χ2v) is 10.5. The third-order valence-electron chi connectivity index (χ3n) is 6.81. The van der Waals surface area contributed by atoms with E-state index < -0.39 is 74.6 Å². The van der Waals surface area contributed by atoms with Crippen LogP contribution in [0.3, 0.4) is 0 Å². The van der Waals surface area contributed by atoms with Gasteiger partial charge in [-0.2, -0.15) is 0 Å². The molecule has 11 heteroatoms. The third kappa shape index (κ3) is 8.54. The fourth-order valence-electron chi connectivity index (χ4n) is 4.46. The van der Waals surface area contributed by atoms with Crippen LogP contribution in [0.1, 0.15) is 65.7 Å². The Balaban J connectivity index is 1.91. The number of rotatable bonds is 14. The summed E-state index contributed by atoms with van der Waals surface area (Å²) in [6.45, 7) is 5.33. The van der Waals surface area contributed by atoms with Gasteiger partial charge in [-0.05, 0) is 11.8 Å². The average Bonchev–Trinajstić information content (AvgIpc) is 2.83. The largest absolute Gasteiger partial charge is 0.394 e. The number of hydrogen-bond donors (Lipinski definition) is 7. The number of unbranched alkanes of at least 4 members (excludes halogenated alkanes) is 5. The highest BCUT2D eigenvalue weighted by atomic mass is 16.7. The van der Waals surface area contributed by atoms with Crippen LogP contribution in [0.4, 0.5) is 0 Å². The zero-order valence-electron chi connectivity index (χ0n) is 21.1. The number of aliphatic hydroxyl groups is 7. The summed E-state index contributed by atoms with van der Waals surface area (Å²) in [7, 11) is 0. The van der Waals surface area contributed by atoms with E-state index in [0.717, 1.165) is 19.3 Å². The van der Waals surface area contributed by atoms with Crippen LogP contribution in [0, 0.1) is 5.41 Å². The first kappa shape index (κ1) is 30.8. The normalized spacial score (nSPS) is 38.6. The van der Waals surface area contributed by atoms with E-state index in [1.807, 2.05) is 0 Å². The number of hydrogen-bond acceptors (Lipinski definition) is 11. The van der Waals surface area contributed by atoms with E-state index in [0.29, 0.717) is 0 Å². The molecule has 0 saturated carbocycles. The molecule has 0 spiro atoms. The fraction of sp³-hybridized carbons (Fsp3) is 1.00. The van der Waals surface area contributed by atoms with Crippen molar-refractivity contribution in [1.82, 2.24) is 0 Å². The highest BCUT2D eigenvalue weighted by Gasteiger charge is 2.50. The molecule has 2 aliphatic heterocycles. The molecule has 0 amide bonds. The first-order valence-electron chi connectivity index (χ1n) is 12.8. The summed E-state index contributed by atoms with van der Waals surface area (Å²) in [5.74, 6) is 0. The van der Waals surface area contributed by atoms with Gasteiger partial charge in [-0.25, -0.2) is 0 Å². The van der Waals surface area contributed by atoms with E-state index in [1.165, 1.54) is 25.7 Å². The summed E-state index contributed by atoms with van der Waals surface area (Å²) < 4.78 is 22.3. The highest BCUT2D eigenvalue weighted by Crippen LogP contribution is 2.31. The number of aliphatic hydroxyl groups excluding tert-OH is 7. The Morgan fingerprint density at radius 3 is 1.89 bits per heavy atom. The van der Waals surface area contributed by atoms with Crippen molar-refractivity contribution in [2.45, 2.75) is 127 Å². The molecular weight excluding hydrogens is 464 g/mol. The Morgan fingerprint density at radius 1 is 0.686 bits per heavy atom. The summed E-state index contributed by atoms with van der Waals surface area (Å²) in [6.07, 6.45) is -6.43. The first-order chi connectivity index (χ1) is 16.6. The molecule has 0 aromatic carbocycles. The van der Waals surface area contributed by atoms with E-state index >= 15 is 0 Å². The van der Waals surface area contributed by atoms with Gasteiger partial charge in [0.15, 0.2) is 12.6 Å². The lowest BCUT2D eigenvalue weighted by Crippen LogP contribution is -2.64. The van der Waals surface area contributed by atoms with E-state index in [4.69, 9.17) is 18.9 Å². The van der Waals surface area contributed by atoms with E-state index in [9.17, 15) is 35.7 Å². The van der Waals surface area contributed by atoms with Gasteiger partial charge in [-0.1, -0.05) is 59.3 Å². The van der Waals surface area contributed by atoms with Gasteiger partial charge >= 0.3 is 0 Å². The maximum atomic E-state index is 10.7. The molecule has 11 nitrogen and oxygen atoms in total. The smallest absolute Gasteiger partial charge is 0.187 e. The van der Waals surface area contributed by atoms with Gasteiger partial charge in [0.25, 0.3) is 0 Å². The van der Waals surface area contributed by atoms with Crippen molar-refractivity contribution < 1.29 is 54.7 Å². The van der Waals surface area contributed by atoms with Crippen molar-refractivity contribution in [2.75, 3.05) is 19.8 Å². The summed E-state index contributed by atoms with van der Waals surface area (Å²) in [4.78, 5) is 0. The Morgan fingerprint density at radius 2 is 1.26 bits per heavy atom. The van der Waals surface area contributed by atoms with Gasteiger partial charge in [-0.15, -0.1) is 0 Å². The Kier molecular flexibility index (Phi) is 12.7. The summed E-state index contributed by atoms with van der Waals surface area (Å²) >= 11 is 0. The van der Waals surface area contributed by atoms with Crippen LogP contribution >= 0.6 is 0 Å². The maximum Gasteiger partial charge on any atom is 0.187 e. The van der Waals surface area contributed by atoms with E-state index in [-0.39, 0.29) is 12.0 Å². The predicted molar refractivity (Wildman–Crippen MR) is 124 cm³/mol. The number of ether oxygens (including phenoxy) is 4. The quantitative estimate of drug-likeness (QED) is 0.148. The fourth-order valence-corrected chi connectivity index (χ4v) is 4.46. The molecular formula is C24H46O11. The zero-order valence-corrected chi connectivity index (χ0v) is 21.1. The summed E-state index contributed by atoms with van der Waals surface area (Å²) in [5.41, 5.74) is -0.183. The van der Waals surface area contributed by atoms with Crippen LogP contribution in [0.2, 0.25) is 0 Å².